The van der Waals surface area contributed by atoms with Crippen molar-refractivity contribution in [1.29, 1.82) is 0 Å². The molecule has 4 rings (SSSR count). The van der Waals surface area contributed by atoms with E-state index in [1.54, 1.807) is 17.0 Å². The van der Waals surface area contributed by atoms with Crippen molar-refractivity contribution in [2.45, 2.75) is 20.8 Å². The highest BCUT2D eigenvalue weighted by Gasteiger charge is 2.25. The van der Waals surface area contributed by atoms with E-state index < -0.39 is 5.63 Å². The van der Waals surface area contributed by atoms with Crippen LogP contribution in [0.25, 0.3) is 11.0 Å². The molecule has 0 saturated carbocycles. The number of piperazine rings is 1. The minimum absolute atomic E-state index is 0.110. The molecular weight excluding hydrogens is 352 g/mol. The fourth-order valence-corrected chi connectivity index (χ4v) is 3.79. The standard InChI is InChI=1S/C23H24N2O3/c1-15-7-8-21-18(13-15)14-19(23(27)28-21)22(26)25-11-9-24(10-12-25)20-6-4-5-16(2)17(20)3/h4-8,13-14H,9-12H2,1-3H3. The number of hydrogen-bond donors (Lipinski definition) is 0. The van der Waals surface area contributed by atoms with Crippen molar-refractivity contribution in [3.05, 3.63) is 75.1 Å². The van der Waals surface area contributed by atoms with E-state index in [2.05, 4.69) is 36.9 Å². The summed E-state index contributed by atoms with van der Waals surface area (Å²) in [6.45, 7) is 8.86. The van der Waals surface area contributed by atoms with Gasteiger partial charge < -0.3 is 14.2 Å². The minimum Gasteiger partial charge on any atom is -0.422 e. The van der Waals surface area contributed by atoms with Gasteiger partial charge in [0, 0.05) is 37.3 Å². The minimum atomic E-state index is -0.571. The largest absolute Gasteiger partial charge is 0.422 e. The van der Waals surface area contributed by atoms with E-state index in [1.165, 1.54) is 16.8 Å². The van der Waals surface area contributed by atoms with Crippen molar-refractivity contribution in [2.75, 3.05) is 31.1 Å². The van der Waals surface area contributed by atoms with Crippen LogP contribution in [-0.4, -0.2) is 37.0 Å². The van der Waals surface area contributed by atoms with E-state index in [0.717, 1.165) is 24.0 Å². The van der Waals surface area contributed by atoms with E-state index in [-0.39, 0.29) is 11.5 Å². The number of amides is 1. The van der Waals surface area contributed by atoms with Crippen molar-refractivity contribution in [3.8, 4) is 0 Å². The van der Waals surface area contributed by atoms with E-state index in [0.29, 0.717) is 18.7 Å². The molecule has 1 fully saturated rings. The van der Waals surface area contributed by atoms with Crippen LogP contribution in [0.5, 0.6) is 0 Å². The lowest BCUT2D eigenvalue weighted by Gasteiger charge is -2.37. The lowest BCUT2D eigenvalue weighted by Crippen LogP contribution is -2.49. The first kappa shape index (κ1) is 18.3. The Labute approximate surface area is 164 Å². The van der Waals surface area contributed by atoms with Gasteiger partial charge in [0.25, 0.3) is 5.91 Å². The van der Waals surface area contributed by atoms with Crippen LogP contribution in [0.15, 0.2) is 51.7 Å². The summed E-state index contributed by atoms with van der Waals surface area (Å²) in [7, 11) is 0. The molecule has 3 aromatic rings. The number of fused-ring (bicyclic) bond motifs is 1. The second-order valence-electron chi connectivity index (χ2n) is 7.49. The van der Waals surface area contributed by atoms with Crippen LogP contribution < -0.4 is 10.5 Å². The first-order valence-electron chi connectivity index (χ1n) is 9.59. The summed E-state index contributed by atoms with van der Waals surface area (Å²) in [6, 6.07) is 13.5. The smallest absolute Gasteiger partial charge is 0.349 e. The second kappa shape index (κ2) is 7.15. The molecule has 28 heavy (non-hydrogen) atoms. The Kier molecular flexibility index (Phi) is 4.67. The molecule has 0 N–H and O–H groups in total. The van der Waals surface area contributed by atoms with Gasteiger partial charge in [-0.05, 0) is 56.2 Å². The monoisotopic (exact) mass is 376 g/mol. The van der Waals surface area contributed by atoms with Gasteiger partial charge in [-0.1, -0.05) is 23.8 Å². The van der Waals surface area contributed by atoms with E-state index in [4.69, 9.17) is 4.42 Å². The number of nitrogens with zero attached hydrogens (tertiary/aromatic N) is 2. The highest BCUT2D eigenvalue weighted by atomic mass is 16.4. The predicted octanol–water partition coefficient (Wildman–Crippen LogP) is 3.68. The Bertz CT molecular complexity index is 1110. The highest BCUT2D eigenvalue weighted by Crippen LogP contribution is 2.24. The van der Waals surface area contributed by atoms with Crippen LogP contribution in [-0.2, 0) is 0 Å². The summed E-state index contributed by atoms with van der Waals surface area (Å²) in [6.07, 6.45) is 0. The van der Waals surface area contributed by atoms with Gasteiger partial charge in [0.15, 0.2) is 0 Å². The molecule has 0 bridgehead atoms. The Hall–Kier alpha value is -3.08. The number of rotatable bonds is 2. The van der Waals surface area contributed by atoms with Crippen molar-refractivity contribution in [3.63, 3.8) is 0 Å². The Morgan fingerprint density at radius 2 is 1.71 bits per heavy atom. The molecule has 1 aliphatic heterocycles. The fourth-order valence-electron chi connectivity index (χ4n) is 3.79. The molecule has 1 aromatic heterocycles. The maximum Gasteiger partial charge on any atom is 0.349 e. The quantitative estimate of drug-likeness (QED) is 0.640. The van der Waals surface area contributed by atoms with E-state index in [9.17, 15) is 9.59 Å². The molecule has 5 heteroatoms. The molecular formula is C23H24N2O3. The second-order valence-corrected chi connectivity index (χ2v) is 7.49. The van der Waals surface area contributed by atoms with Gasteiger partial charge in [-0.3, -0.25) is 4.79 Å². The molecule has 0 radical (unpaired) electrons. The molecule has 1 amide bonds. The van der Waals surface area contributed by atoms with Crippen molar-refractivity contribution < 1.29 is 9.21 Å². The summed E-state index contributed by atoms with van der Waals surface area (Å²) in [5.41, 5.74) is 4.85. The highest BCUT2D eigenvalue weighted by molar-refractivity contribution is 5.96. The van der Waals surface area contributed by atoms with Gasteiger partial charge in [-0.15, -0.1) is 0 Å². The molecule has 0 atom stereocenters. The zero-order chi connectivity index (χ0) is 19.8. The number of anilines is 1. The van der Waals surface area contributed by atoms with E-state index in [1.807, 2.05) is 19.1 Å². The average Bonchev–Trinajstić information content (AvgIpc) is 2.69. The Morgan fingerprint density at radius 3 is 2.46 bits per heavy atom. The summed E-state index contributed by atoms with van der Waals surface area (Å²) in [5.74, 6) is -0.252. The number of aryl methyl sites for hydroxylation is 2. The Morgan fingerprint density at radius 1 is 0.964 bits per heavy atom. The van der Waals surface area contributed by atoms with Crippen LogP contribution in [0.4, 0.5) is 5.69 Å². The molecule has 5 nitrogen and oxygen atoms in total. The van der Waals surface area contributed by atoms with Gasteiger partial charge in [0.1, 0.15) is 11.1 Å². The molecule has 1 aliphatic rings. The van der Waals surface area contributed by atoms with Gasteiger partial charge in [0.2, 0.25) is 0 Å². The summed E-state index contributed by atoms with van der Waals surface area (Å²) in [4.78, 5) is 29.4. The van der Waals surface area contributed by atoms with Gasteiger partial charge in [0.05, 0.1) is 0 Å². The third-order valence-corrected chi connectivity index (χ3v) is 5.60. The first-order valence-corrected chi connectivity index (χ1v) is 9.59. The topological polar surface area (TPSA) is 53.8 Å². The molecule has 0 unspecified atom stereocenters. The maximum absolute atomic E-state index is 13.0. The molecule has 1 saturated heterocycles. The molecule has 0 aliphatic carbocycles. The van der Waals surface area contributed by atoms with Gasteiger partial charge in [-0.25, -0.2) is 4.79 Å². The predicted molar refractivity (Wildman–Crippen MR) is 111 cm³/mol. The zero-order valence-electron chi connectivity index (χ0n) is 16.5. The molecule has 144 valence electrons. The summed E-state index contributed by atoms with van der Waals surface area (Å²) < 4.78 is 5.37. The zero-order valence-corrected chi connectivity index (χ0v) is 16.5. The molecule has 2 aromatic carbocycles. The SMILES string of the molecule is Cc1ccc2oc(=O)c(C(=O)N3CCN(c4cccc(C)c4C)CC3)cc2c1. The summed E-state index contributed by atoms with van der Waals surface area (Å²) >= 11 is 0. The first-order chi connectivity index (χ1) is 13.4. The number of carbonyl (C=O) groups is 1. The lowest BCUT2D eigenvalue weighted by molar-refractivity contribution is 0.0742. The lowest BCUT2D eigenvalue weighted by atomic mass is 10.1. The number of benzene rings is 2. The normalized spacial score (nSPS) is 14.5. The fraction of sp³-hybridized carbons (Fsp3) is 0.304. The average molecular weight is 376 g/mol. The third-order valence-electron chi connectivity index (χ3n) is 5.60. The number of hydrogen-bond acceptors (Lipinski definition) is 4. The maximum atomic E-state index is 13.0. The molecule has 2 heterocycles. The van der Waals surface area contributed by atoms with Gasteiger partial charge >= 0.3 is 5.63 Å². The molecule has 0 spiro atoms. The van der Waals surface area contributed by atoms with Crippen LogP contribution >= 0.6 is 0 Å². The van der Waals surface area contributed by atoms with Crippen LogP contribution in [0.1, 0.15) is 27.0 Å². The van der Waals surface area contributed by atoms with Crippen LogP contribution in [0, 0.1) is 20.8 Å². The van der Waals surface area contributed by atoms with Crippen LogP contribution in [0.2, 0.25) is 0 Å². The van der Waals surface area contributed by atoms with Crippen molar-refractivity contribution in [2.24, 2.45) is 0 Å². The summed E-state index contributed by atoms with van der Waals surface area (Å²) in [5, 5.41) is 0.775. The van der Waals surface area contributed by atoms with Crippen molar-refractivity contribution in [1.82, 2.24) is 4.90 Å². The number of carbonyl (C=O) groups excluding carboxylic acids is 1. The third kappa shape index (κ3) is 3.28. The van der Waals surface area contributed by atoms with Crippen LogP contribution in [0.3, 0.4) is 0 Å². The Balaban J connectivity index is 1.54. The van der Waals surface area contributed by atoms with Crippen molar-refractivity contribution >= 4 is 22.6 Å². The van der Waals surface area contributed by atoms with E-state index >= 15 is 0 Å². The van der Waals surface area contributed by atoms with Gasteiger partial charge in [-0.2, -0.15) is 0 Å².